The van der Waals surface area contributed by atoms with Gasteiger partial charge in [-0.2, -0.15) is 0 Å². The van der Waals surface area contributed by atoms with Crippen molar-refractivity contribution < 1.29 is 117 Å². The first-order chi connectivity index (χ1) is 48.3. The Morgan fingerprint density at radius 3 is 0.980 bits per heavy atom. The summed E-state index contributed by atoms with van der Waals surface area (Å²) >= 11 is 0. The average Bonchev–Trinajstić information content (AvgIpc) is 0.762. The summed E-state index contributed by atoms with van der Waals surface area (Å²) < 4.78 is 65.2. The molecule has 0 amide bonds. The summed E-state index contributed by atoms with van der Waals surface area (Å²) in [7, 11) is -5.69. The summed E-state index contributed by atoms with van der Waals surface area (Å²) in [5.74, 6) is -1.97. The maximum absolute atomic E-state index is 14.4. The topological polar surface area (TPSA) is 374 Å². The highest BCUT2D eigenvalue weighted by molar-refractivity contribution is 7.47. The second-order valence-corrected chi connectivity index (χ2v) is 30.2. The number of carbonyl (C=O) groups excluding carboxylic acids is 3. The number of rotatable bonds is 63. The molecule has 0 aromatic heterocycles. The molecule has 2 aliphatic heterocycles. The van der Waals surface area contributed by atoms with Gasteiger partial charge in [-0.15, -0.1) is 0 Å². The third-order valence-electron chi connectivity index (χ3n) is 19.9. The number of aliphatic hydroxyl groups is 10. The van der Waals surface area contributed by atoms with Crippen LogP contribution < -0.4 is 0 Å². The lowest BCUT2D eigenvalue weighted by molar-refractivity contribution is -0.360. The lowest BCUT2D eigenvalue weighted by Crippen LogP contribution is -2.69. The van der Waals surface area contributed by atoms with Gasteiger partial charge in [0.05, 0.1) is 13.2 Å². The Balaban J connectivity index is 1.71. The molecular formula is C75H141O24P. The third kappa shape index (κ3) is 39.5. The highest BCUT2D eigenvalue weighted by Gasteiger charge is 2.58. The summed E-state index contributed by atoms with van der Waals surface area (Å²) in [5.41, 5.74) is 0. The minimum Gasteiger partial charge on any atom is -0.463 e. The zero-order valence-corrected chi connectivity index (χ0v) is 62.7. The maximum Gasteiger partial charge on any atom is 0.472 e. The largest absolute Gasteiger partial charge is 0.472 e. The van der Waals surface area contributed by atoms with Crippen LogP contribution in [0.15, 0.2) is 0 Å². The first-order valence-corrected chi connectivity index (χ1v) is 41.3. The van der Waals surface area contributed by atoms with Crippen LogP contribution in [0.25, 0.3) is 0 Å². The Morgan fingerprint density at radius 2 is 0.640 bits per heavy atom. The molecule has 0 aromatic carbocycles. The van der Waals surface area contributed by atoms with E-state index < -0.39 is 156 Å². The fourth-order valence-corrected chi connectivity index (χ4v) is 14.4. The molecule has 1 aliphatic carbocycles. The molecule has 0 aromatic rings. The molecule has 3 rings (SSSR count). The molecule has 590 valence electrons. The van der Waals surface area contributed by atoms with E-state index in [1.54, 1.807) is 0 Å². The predicted octanol–water partition coefficient (Wildman–Crippen LogP) is 11.7. The zero-order valence-electron chi connectivity index (χ0n) is 61.8. The monoisotopic (exact) mass is 1460 g/mol. The highest BCUT2D eigenvalue weighted by atomic mass is 31.2. The Labute approximate surface area is 600 Å². The first kappa shape index (κ1) is 92.2. The highest BCUT2D eigenvalue weighted by Crippen LogP contribution is 2.49. The van der Waals surface area contributed by atoms with Crippen LogP contribution in [0.2, 0.25) is 0 Å². The van der Waals surface area contributed by atoms with Crippen LogP contribution in [0.4, 0.5) is 0 Å². The Morgan fingerprint density at radius 1 is 0.350 bits per heavy atom. The Hall–Kier alpha value is -2.04. The van der Waals surface area contributed by atoms with E-state index in [-0.39, 0.29) is 19.3 Å². The van der Waals surface area contributed by atoms with E-state index in [9.17, 15) is 74.9 Å². The van der Waals surface area contributed by atoms with E-state index in [1.165, 1.54) is 180 Å². The minimum absolute atomic E-state index is 0.0329. The zero-order chi connectivity index (χ0) is 73.2. The van der Waals surface area contributed by atoms with Gasteiger partial charge in [-0.1, -0.05) is 290 Å². The van der Waals surface area contributed by atoms with Crippen LogP contribution in [0.1, 0.15) is 329 Å². The van der Waals surface area contributed by atoms with Crippen molar-refractivity contribution in [3.63, 3.8) is 0 Å². The lowest BCUT2D eigenvalue weighted by atomic mass is 9.84. The Kier molecular flexibility index (Phi) is 52.7. The van der Waals surface area contributed by atoms with Crippen molar-refractivity contribution in [2.24, 2.45) is 0 Å². The number of unbranched alkanes of at least 4 members (excludes halogenated alkanes) is 42. The molecule has 0 radical (unpaired) electrons. The number of esters is 3. The minimum atomic E-state index is -5.69. The van der Waals surface area contributed by atoms with Crippen LogP contribution in [0.3, 0.4) is 0 Å². The molecule has 3 fully saturated rings. The van der Waals surface area contributed by atoms with Crippen LogP contribution in [0, 0.1) is 0 Å². The molecule has 1 saturated carbocycles. The van der Waals surface area contributed by atoms with Crippen molar-refractivity contribution in [1.29, 1.82) is 0 Å². The molecule has 24 nitrogen and oxygen atoms in total. The van der Waals surface area contributed by atoms with Gasteiger partial charge in [0.15, 0.2) is 18.7 Å². The fourth-order valence-electron chi connectivity index (χ4n) is 13.4. The summed E-state index contributed by atoms with van der Waals surface area (Å²) in [4.78, 5) is 51.1. The van der Waals surface area contributed by atoms with Crippen molar-refractivity contribution in [2.45, 2.75) is 433 Å². The quantitative estimate of drug-likeness (QED) is 0.0117. The first-order valence-electron chi connectivity index (χ1n) is 39.8. The molecule has 3 aliphatic rings. The Bertz CT molecular complexity index is 2060. The molecule has 0 spiro atoms. The molecule has 2 heterocycles. The second kappa shape index (κ2) is 57.2. The van der Waals surface area contributed by atoms with E-state index in [0.29, 0.717) is 19.3 Å². The van der Waals surface area contributed by atoms with Crippen molar-refractivity contribution in [3.8, 4) is 0 Å². The molecule has 18 atom stereocenters. The molecule has 0 bridgehead atoms. The van der Waals surface area contributed by atoms with Gasteiger partial charge in [-0.05, 0) is 19.3 Å². The number of aliphatic hydroxyl groups excluding tert-OH is 10. The molecule has 18 unspecified atom stereocenters. The number of phosphoric ester groups is 1. The van der Waals surface area contributed by atoms with Crippen molar-refractivity contribution in [2.75, 3.05) is 26.4 Å². The van der Waals surface area contributed by atoms with Gasteiger partial charge in [0.25, 0.3) is 0 Å². The van der Waals surface area contributed by atoms with Crippen LogP contribution in [-0.2, 0) is 61.2 Å². The van der Waals surface area contributed by atoms with Gasteiger partial charge in [-0.3, -0.25) is 23.4 Å². The standard InChI is InChI=1S/C75H141O24P/c1-4-7-10-13-16-19-22-25-28-29-30-33-35-37-40-43-46-49-59(77)91-53-56(94-61(79)51-48-45-42-39-36-32-27-24-21-18-15-12-9-6-3)54-93-100(89,90)99-73-71(97-74-69(87)64(82)62(80)57(52-76)95-74)67(85)66(84)68(86)72(73)98-75-70(88)65(83)63(81)58(96-75)55-92-60(78)50-47-44-41-38-34-31-26-23-20-17-14-11-8-5-2/h56-58,62-76,80-88H,4-55H2,1-3H3,(H,89,90). The van der Waals surface area contributed by atoms with Crippen LogP contribution in [-0.4, -0.2) is 204 Å². The van der Waals surface area contributed by atoms with Crippen molar-refractivity contribution in [3.05, 3.63) is 0 Å². The van der Waals surface area contributed by atoms with Gasteiger partial charge < -0.3 is 89.1 Å². The van der Waals surface area contributed by atoms with Crippen molar-refractivity contribution >= 4 is 25.7 Å². The number of ether oxygens (including phenoxy) is 7. The summed E-state index contributed by atoms with van der Waals surface area (Å²) in [6, 6.07) is 0. The third-order valence-corrected chi connectivity index (χ3v) is 20.9. The molecule has 100 heavy (non-hydrogen) atoms. The summed E-state index contributed by atoms with van der Waals surface area (Å²) in [6.07, 6.45) is 15.7. The normalized spacial score (nSPS) is 27.3. The van der Waals surface area contributed by atoms with Gasteiger partial charge in [0.2, 0.25) is 0 Å². The van der Waals surface area contributed by atoms with Crippen LogP contribution in [0.5, 0.6) is 0 Å². The fraction of sp³-hybridized carbons (Fsp3) is 0.960. The van der Waals surface area contributed by atoms with Gasteiger partial charge in [0, 0.05) is 19.3 Å². The summed E-state index contributed by atoms with van der Waals surface area (Å²) in [6.45, 7) is 3.50. The van der Waals surface area contributed by atoms with Crippen molar-refractivity contribution in [1.82, 2.24) is 0 Å². The molecular weight excluding hydrogens is 1320 g/mol. The number of hydrogen-bond acceptors (Lipinski definition) is 23. The molecule has 25 heteroatoms. The summed E-state index contributed by atoms with van der Waals surface area (Å²) in [5, 5.41) is 110. The van der Waals surface area contributed by atoms with Gasteiger partial charge in [0.1, 0.15) is 98.7 Å². The van der Waals surface area contributed by atoms with E-state index in [0.717, 1.165) is 89.9 Å². The molecule has 11 N–H and O–H groups in total. The van der Waals surface area contributed by atoms with Crippen LogP contribution >= 0.6 is 7.82 Å². The average molecular weight is 1460 g/mol. The van der Waals surface area contributed by atoms with E-state index >= 15 is 0 Å². The number of carbonyl (C=O) groups is 3. The number of phosphoric acid groups is 1. The van der Waals surface area contributed by atoms with E-state index in [4.69, 9.17) is 42.2 Å². The van der Waals surface area contributed by atoms with Gasteiger partial charge >= 0.3 is 25.7 Å². The molecule has 2 saturated heterocycles. The lowest BCUT2D eigenvalue weighted by Gasteiger charge is -2.49. The van der Waals surface area contributed by atoms with E-state index in [1.807, 2.05) is 0 Å². The van der Waals surface area contributed by atoms with E-state index in [2.05, 4.69) is 20.8 Å². The van der Waals surface area contributed by atoms with Gasteiger partial charge in [-0.25, -0.2) is 4.57 Å². The smallest absolute Gasteiger partial charge is 0.463 e. The number of hydrogen-bond donors (Lipinski definition) is 11. The SMILES string of the molecule is CCCCCCCCCCCCCCCCCCCC(=O)OCC(COP(=O)(O)OC1C(OC2OC(CO)C(O)C(O)C2O)C(O)C(O)C(O)C1OC1OC(COC(=O)CCCCCCCCCCCCCCCC)C(O)C(O)C1O)OC(=O)CCCCCCCCCCCCCCCC. The second-order valence-electron chi connectivity index (χ2n) is 28.8. The predicted molar refractivity (Wildman–Crippen MR) is 379 cm³/mol. The maximum atomic E-state index is 14.4.